The summed E-state index contributed by atoms with van der Waals surface area (Å²) in [5, 5.41) is 17.3. The Morgan fingerprint density at radius 2 is 1.85 bits per heavy atom. The van der Waals surface area contributed by atoms with E-state index in [9.17, 15) is 5.11 Å². The molecule has 3 rings (SSSR count). The molecule has 3 nitrogen and oxygen atoms in total. The Morgan fingerprint density at radius 1 is 1.12 bits per heavy atom. The fraction of sp³-hybridized carbons (Fsp3) is 0.364. The SMILES string of the molecule is Cc1ccccc1OCC(O)CNC(C)(C)Cc1csc2ccccc12. The van der Waals surface area contributed by atoms with Crippen molar-refractivity contribution in [2.45, 2.75) is 38.8 Å². The molecule has 3 aromatic rings. The zero-order valence-electron chi connectivity index (χ0n) is 15.7. The van der Waals surface area contributed by atoms with Crippen LogP contribution in [0.4, 0.5) is 0 Å². The van der Waals surface area contributed by atoms with E-state index in [1.54, 1.807) is 11.3 Å². The monoisotopic (exact) mass is 369 g/mol. The van der Waals surface area contributed by atoms with Crippen molar-refractivity contribution in [1.82, 2.24) is 5.32 Å². The van der Waals surface area contributed by atoms with Gasteiger partial charge in [-0.3, -0.25) is 0 Å². The number of ether oxygens (including phenoxy) is 1. The van der Waals surface area contributed by atoms with Gasteiger partial charge in [-0.2, -0.15) is 0 Å². The van der Waals surface area contributed by atoms with Crippen LogP contribution in [0.2, 0.25) is 0 Å². The van der Waals surface area contributed by atoms with Crippen molar-refractivity contribution in [2.24, 2.45) is 0 Å². The molecular weight excluding hydrogens is 342 g/mol. The zero-order valence-corrected chi connectivity index (χ0v) is 16.5. The lowest BCUT2D eigenvalue weighted by molar-refractivity contribution is 0.0985. The van der Waals surface area contributed by atoms with Gasteiger partial charge >= 0.3 is 0 Å². The van der Waals surface area contributed by atoms with Gasteiger partial charge in [0.2, 0.25) is 0 Å². The molecule has 0 fully saturated rings. The third kappa shape index (κ3) is 4.85. The number of aryl methyl sites for hydroxylation is 1. The maximum absolute atomic E-state index is 10.3. The summed E-state index contributed by atoms with van der Waals surface area (Å²) in [6.45, 7) is 7.15. The van der Waals surface area contributed by atoms with Crippen molar-refractivity contribution in [1.29, 1.82) is 0 Å². The lowest BCUT2D eigenvalue weighted by atomic mass is 9.94. The molecular formula is C22H27NO2S. The highest BCUT2D eigenvalue weighted by Crippen LogP contribution is 2.28. The van der Waals surface area contributed by atoms with Gasteiger partial charge in [-0.15, -0.1) is 11.3 Å². The third-order valence-corrected chi connectivity index (χ3v) is 5.55. The van der Waals surface area contributed by atoms with Crippen LogP contribution in [0.5, 0.6) is 5.75 Å². The van der Waals surface area contributed by atoms with Crippen LogP contribution < -0.4 is 10.1 Å². The summed E-state index contributed by atoms with van der Waals surface area (Å²) in [4.78, 5) is 0. The van der Waals surface area contributed by atoms with E-state index >= 15 is 0 Å². The molecule has 0 radical (unpaired) electrons. The Bertz CT molecular complexity index is 856. The largest absolute Gasteiger partial charge is 0.491 e. The van der Waals surface area contributed by atoms with Crippen LogP contribution in [-0.2, 0) is 6.42 Å². The molecule has 0 saturated heterocycles. The van der Waals surface area contributed by atoms with Crippen molar-refractivity contribution in [2.75, 3.05) is 13.2 Å². The number of hydrogen-bond donors (Lipinski definition) is 2. The topological polar surface area (TPSA) is 41.5 Å². The summed E-state index contributed by atoms with van der Waals surface area (Å²) < 4.78 is 7.06. The van der Waals surface area contributed by atoms with Crippen molar-refractivity contribution in [3.63, 3.8) is 0 Å². The molecule has 1 heterocycles. The minimum absolute atomic E-state index is 0.104. The molecule has 4 heteroatoms. The highest BCUT2D eigenvalue weighted by Gasteiger charge is 2.21. The van der Waals surface area contributed by atoms with Crippen LogP contribution >= 0.6 is 11.3 Å². The van der Waals surface area contributed by atoms with Gasteiger partial charge in [-0.05, 0) is 61.2 Å². The maximum atomic E-state index is 10.3. The number of rotatable bonds is 8. The Kier molecular flexibility index (Phi) is 5.97. The van der Waals surface area contributed by atoms with Gasteiger partial charge < -0.3 is 15.2 Å². The summed E-state index contributed by atoms with van der Waals surface area (Å²) in [7, 11) is 0. The highest BCUT2D eigenvalue weighted by atomic mass is 32.1. The Balaban J connectivity index is 1.52. The summed E-state index contributed by atoms with van der Waals surface area (Å²) >= 11 is 1.79. The van der Waals surface area contributed by atoms with E-state index in [2.05, 4.69) is 48.8 Å². The highest BCUT2D eigenvalue weighted by molar-refractivity contribution is 7.17. The molecule has 1 atom stereocenters. The molecule has 138 valence electrons. The molecule has 26 heavy (non-hydrogen) atoms. The van der Waals surface area contributed by atoms with Crippen LogP contribution in [0.1, 0.15) is 25.0 Å². The molecule has 0 aliphatic carbocycles. The normalized spacial score (nSPS) is 13.1. The van der Waals surface area contributed by atoms with Gasteiger partial charge in [0.1, 0.15) is 18.5 Å². The van der Waals surface area contributed by atoms with E-state index in [4.69, 9.17) is 4.74 Å². The number of nitrogens with one attached hydrogen (secondary N) is 1. The quantitative estimate of drug-likeness (QED) is 0.612. The smallest absolute Gasteiger partial charge is 0.122 e. The van der Waals surface area contributed by atoms with E-state index in [1.165, 1.54) is 15.6 Å². The predicted octanol–water partition coefficient (Wildman–Crippen LogP) is 4.56. The van der Waals surface area contributed by atoms with Gasteiger partial charge in [-0.1, -0.05) is 36.4 Å². The first-order valence-electron chi connectivity index (χ1n) is 9.01. The first-order valence-corrected chi connectivity index (χ1v) is 9.89. The van der Waals surface area contributed by atoms with Crippen LogP contribution in [0.25, 0.3) is 10.1 Å². The lowest BCUT2D eigenvalue weighted by Gasteiger charge is -2.28. The number of hydrogen-bond acceptors (Lipinski definition) is 4. The number of aliphatic hydroxyl groups excluding tert-OH is 1. The number of fused-ring (bicyclic) bond motifs is 1. The zero-order chi connectivity index (χ0) is 18.6. The third-order valence-electron chi connectivity index (χ3n) is 4.53. The van der Waals surface area contributed by atoms with Gasteiger partial charge in [0.25, 0.3) is 0 Å². The lowest BCUT2D eigenvalue weighted by Crippen LogP contribution is -2.46. The van der Waals surface area contributed by atoms with Gasteiger partial charge in [0, 0.05) is 16.8 Å². The first-order chi connectivity index (χ1) is 12.4. The standard InChI is InChI=1S/C22H27NO2S/c1-16-8-4-6-10-20(16)25-14-18(24)13-23-22(2,3)12-17-15-26-21-11-7-5-9-19(17)21/h4-11,15,18,23-24H,12-14H2,1-3H3. The second-order valence-electron chi connectivity index (χ2n) is 7.43. The molecule has 0 spiro atoms. The first kappa shape index (κ1) is 18.9. The van der Waals surface area contributed by atoms with Gasteiger partial charge in [0.15, 0.2) is 0 Å². The molecule has 0 aliphatic heterocycles. The molecule has 0 amide bonds. The minimum Gasteiger partial charge on any atom is -0.491 e. The Labute approximate surface area is 159 Å². The van der Waals surface area contributed by atoms with E-state index in [1.807, 2.05) is 31.2 Å². The van der Waals surface area contributed by atoms with E-state index < -0.39 is 6.10 Å². The summed E-state index contributed by atoms with van der Waals surface area (Å²) in [5.74, 6) is 0.829. The van der Waals surface area contributed by atoms with Crippen molar-refractivity contribution < 1.29 is 9.84 Å². The molecule has 1 aromatic heterocycles. The van der Waals surface area contributed by atoms with E-state index in [0.717, 1.165) is 17.7 Å². The van der Waals surface area contributed by atoms with Crippen LogP contribution in [-0.4, -0.2) is 29.9 Å². The molecule has 0 bridgehead atoms. The van der Waals surface area contributed by atoms with Gasteiger partial charge in [0.05, 0.1) is 0 Å². The number of β-amino-alcohol motifs (C(OH)–C–C–N with tert-alkyl or cyclic N) is 1. The molecule has 0 aliphatic rings. The van der Waals surface area contributed by atoms with E-state index in [0.29, 0.717) is 6.54 Å². The van der Waals surface area contributed by atoms with Crippen LogP contribution in [0.3, 0.4) is 0 Å². The van der Waals surface area contributed by atoms with Crippen LogP contribution in [0, 0.1) is 6.92 Å². The van der Waals surface area contributed by atoms with Crippen LogP contribution in [0.15, 0.2) is 53.9 Å². The summed E-state index contributed by atoms with van der Waals surface area (Å²) in [6, 6.07) is 16.4. The average molecular weight is 370 g/mol. The average Bonchev–Trinajstić information content (AvgIpc) is 3.02. The fourth-order valence-corrected chi connectivity index (χ4v) is 4.03. The molecule has 2 N–H and O–H groups in total. The van der Waals surface area contributed by atoms with E-state index in [-0.39, 0.29) is 12.1 Å². The summed E-state index contributed by atoms with van der Waals surface area (Å²) in [5.41, 5.74) is 2.33. The van der Waals surface area contributed by atoms with Crippen molar-refractivity contribution in [3.05, 3.63) is 65.0 Å². The molecule has 0 saturated carbocycles. The summed E-state index contributed by atoms with van der Waals surface area (Å²) in [6.07, 6.45) is 0.371. The molecule has 1 unspecified atom stereocenters. The number of thiophene rings is 1. The second-order valence-corrected chi connectivity index (χ2v) is 8.34. The Morgan fingerprint density at radius 3 is 2.65 bits per heavy atom. The minimum atomic E-state index is -0.548. The molecule has 2 aromatic carbocycles. The Hall–Kier alpha value is -1.88. The van der Waals surface area contributed by atoms with Gasteiger partial charge in [-0.25, -0.2) is 0 Å². The van der Waals surface area contributed by atoms with Crippen molar-refractivity contribution in [3.8, 4) is 5.75 Å². The van der Waals surface area contributed by atoms with Crippen molar-refractivity contribution >= 4 is 21.4 Å². The number of benzene rings is 2. The maximum Gasteiger partial charge on any atom is 0.122 e. The fourth-order valence-electron chi connectivity index (χ4n) is 3.07. The predicted molar refractivity (Wildman–Crippen MR) is 110 cm³/mol. The second kappa shape index (κ2) is 8.21. The number of para-hydroxylation sites is 1. The number of aliphatic hydroxyl groups is 1.